The van der Waals surface area contributed by atoms with Crippen molar-refractivity contribution in [3.05, 3.63) is 29.3 Å². The molecule has 5 nitrogen and oxygen atoms in total. The summed E-state index contributed by atoms with van der Waals surface area (Å²) in [5.74, 6) is -1.00. The first-order valence-electron chi connectivity index (χ1n) is 12.4. The predicted octanol–water partition coefficient (Wildman–Crippen LogP) is 7.15. The number of anilines is 1. The number of carbonyl (C=O) groups excluding carboxylic acids is 2. The zero-order valence-corrected chi connectivity index (χ0v) is 20.0. The number of benzene rings is 1. The quantitative estimate of drug-likeness (QED) is 0.197. The van der Waals surface area contributed by atoms with Crippen molar-refractivity contribution in [1.29, 1.82) is 0 Å². The Bertz CT molecular complexity index is 630. The van der Waals surface area contributed by atoms with E-state index in [9.17, 15) is 9.59 Å². The van der Waals surface area contributed by atoms with E-state index in [-0.39, 0.29) is 24.3 Å². The van der Waals surface area contributed by atoms with Gasteiger partial charge in [-0.3, -0.25) is 0 Å². The lowest BCUT2D eigenvalue weighted by molar-refractivity contribution is 0.0479. The van der Waals surface area contributed by atoms with Crippen LogP contribution in [0.15, 0.2) is 18.2 Å². The van der Waals surface area contributed by atoms with Crippen LogP contribution in [0.25, 0.3) is 0 Å². The molecule has 1 aromatic rings. The van der Waals surface area contributed by atoms with E-state index in [0.717, 1.165) is 18.7 Å². The van der Waals surface area contributed by atoms with Crippen LogP contribution in [-0.2, 0) is 9.47 Å². The lowest BCUT2D eigenvalue weighted by Crippen LogP contribution is -2.15. The third-order valence-electron chi connectivity index (χ3n) is 5.37. The molecule has 31 heavy (non-hydrogen) atoms. The Morgan fingerprint density at radius 3 is 1.68 bits per heavy atom. The van der Waals surface area contributed by atoms with Crippen LogP contribution in [0.5, 0.6) is 0 Å². The maximum Gasteiger partial charge on any atom is 0.339 e. The van der Waals surface area contributed by atoms with Gasteiger partial charge in [0.1, 0.15) is 0 Å². The van der Waals surface area contributed by atoms with Crippen molar-refractivity contribution in [2.45, 2.75) is 97.8 Å². The van der Waals surface area contributed by atoms with Gasteiger partial charge in [0.2, 0.25) is 0 Å². The second-order valence-electron chi connectivity index (χ2n) is 8.02. The van der Waals surface area contributed by atoms with Gasteiger partial charge in [0.25, 0.3) is 0 Å². The highest BCUT2D eigenvalue weighted by Gasteiger charge is 2.19. The molecule has 0 fully saturated rings. The standard InChI is InChI=1S/C26H43NO4/c1-4-7-8-9-10-11-12-13-14-15-16-17-20-27-22-18-19-23(25(28)30-5-2)24(21-22)26(29)31-6-3/h18-19,21,27H,4-17,20H2,1-3H3. The number of nitrogens with one attached hydrogen (secondary N) is 1. The number of esters is 2. The van der Waals surface area contributed by atoms with E-state index in [4.69, 9.17) is 9.47 Å². The molecule has 0 saturated carbocycles. The van der Waals surface area contributed by atoms with Crippen LogP contribution in [0.3, 0.4) is 0 Å². The Morgan fingerprint density at radius 1 is 0.677 bits per heavy atom. The first-order valence-corrected chi connectivity index (χ1v) is 12.4. The molecule has 176 valence electrons. The molecule has 0 aromatic heterocycles. The molecule has 0 aliphatic heterocycles. The summed E-state index contributed by atoms with van der Waals surface area (Å²) in [4.78, 5) is 24.4. The van der Waals surface area contributed by atoms with Crippen molar-refractivity contribution in [3.8, 4) is 0 Å². The summed E-state index contributed by atoms with van der Waals surface area (Å²) < 4.78 is 10.2. The summed E-state index contributed by atoms with van der Waals surface area (Å²) in [6.45, 7) is 7.12. The van der Waals surface area contributed by atoms with E-state index >= 15 is 0 Å². The second-order valence-corrected chi connectivity index (χ2v) is 8.02. The van der Waals surface area contributed by atoms with E-state index in [2.05, 4.69) is 12.2 Å². The fourth-order valence-electron chi connectivity index (χ4n) is 3.62. The van der Waals surface area contributed by atoms with Crippen LogP contribution in [0.2, 0.25) is 0 Å². The van der Waals surface area contributed by atoms with Crippen LogP contribution in [0, 0.1) is 0 Å². The zero-order valence-electron chi connectivity index (χ0n) is 20.0. The van der Waals surface area contributed by atoms with Crippen molar-refractivity contribution < 1.29 is 19.1 Å². The van der Waals surface area contributed by atoms with E-state index in [0.29, 0.717) is 0 Å². The Morgan fingerprint density at radius 2 is 1.16 bits per heavy atom. The van der Waals surface area contributed by atoms with Gasteiger partial charge in [0.05, 0.1) is 24.3 Å². The number of hydrogen-bond acceptors (Lipinski definition) is 5. The molecule has 0 spiro atoms. The van der Waals surface area contributed by atoms with Crippen LogP contribution >= 0.6 is 0 Å². The normalized spacial score (nSPS) is 10.7. The zero-order chi connectivity index (χ0) is 22.7. The minimum Gasteiger partial charge on any atom is -0.462 e. The Balaban J connectivity index is 2.28. The van der Waals surface area contributed by atoms with Gasteiger partial charge in [0.15, 0.2) is 0 Å². The average Bonchev–Trinajstić information content (AvgIpc) is 2.77. The van der Waals surface area contributed by atoms with Crippen molar-refractivity contribution >= 4 is 17.6 Å². The third-order valence-corrected chi connectivity index (χ3v) is 5.37. The summed E-state index contributed by atoms with van der Waals surface area (Å²) in [5.41, 5.74) is 1.32. The van der Waals surface area contributed by atoms with Gasteiger partial charge in [0, 0.05) is 12.2 Å². The fourth-order valence-corrected chi connectivity index (χ4v) is 3.62. The highest BCUT2D eigenvalue weighted by atomic mass is 16.5. The largest absolute Gasteiger partial charge is 0.462 e. The minimum atomic E-state index is -0.502. The number of unbranched alkanes of at least 4 members (excludes halogenated alkanes) is 11. The third kappa shape index (κ3) is 11.8. The van der Waals surface area contributed by atoms with E-state index < -0.39 is 11.9 Å². The van der Waals surface area contributed by atoms with Crippen LogP contribution in [-0.4, -0.2) is 31.7 Å². The van der Waals surface area contributed by atoms with Crippen molar-refractivity contribution in [2.75, 3.05) is 25.1 Å². The molecule has 0 heterocycles. The molecular formula is C26H43NO4. The Labute approximate surface area is 189 Å². The first-order chi connectivity index (χ1) is 15.1. The average molecular weight is 434 g/mol. The number of hydrogen-bond donors (Lipinski definition) is 1. The maximum absolute atomic E-state index is 12.3. The summed E-state index contributed by atoms with van der Waals surface area (Å²) in [7, 11) is 0. The monoisotopic (exact) mass is 433 g/mol. The summed E-state index contributed by atoms with van der Waals surface area (Å²) in [6, 6.07) is 5.13. The van der Waals surface area contributed by atoms with E-state index in [1.165, 1.54) is 70.6 Å². The van der Waals surface area contributed by atoms with Crippen LogP contribution < -0.4 is 5.32 Å². The molecule has 0 atom stereocenters. The Hall–Kier alpha value is -2.04. The number of rotatable bonds is 18. The lowest BCUT2D eigenvalue weighted by atomic mass is 10.0. The molecule has 0 bridgehead atoms. The minimum absolute atomic E-state index is 0.246. The Kier molecular flexibility index (Phi) is 15.3. The number of carbonyl (C=O) groups is 2. The molecule has 0 radical (unpaired) electrons. The van der Waals surface area contributed by atoms with Gasteiger partial charge < -0.3 is 14.8 Å². The molecule has 0 amide bonds. The summed E-state index contributed by atoms with van der Waals surface area (Å²) in [5, 5.41) is 3.36. The molecule has 5 heteroatoms. The summed E-state index contributed by atoms with van der Waals surface area (Å²) >= 11 is 0. The van der Waals surface area contributed by atoms with Crippen molar-refractivity contribution in [1.82, 2.24) is 0 Å². The smallest absolute Gasteiger partial charge is 0.339 e. The van der Waals surface area contributed by atoms with Gasteiger partial charge in [-0.15, -0.1) is 0 Å². The van der Waals surface area contributed by atoms with E-state index in [1.807, 2.05) is 6.07 Å². The summed E-state index contributed by atoms with van der Waals surface area (Å²) in [6.07, 6.45) is 15.9. The van der Waals surface area contributed by atoms with Gasteiger partial charge in [-0.1, -0.05) is 77.6 Å². The van der Waals surface area contributed by atoms with Gasteiger partial charge >= 0.3 is 11.9 Å². The van der Waals surface area contributed by atoms with Crippen LogP contribution in [0.4, 0.5) is 5.69 Å². The fraction of sp³-hybridized carbons (Fsp3) is 0.692. The van der Waals surface area contributed by atoms with Crippen LogP contribution in [0.1, 0.15) is 119 Å². The SMILES string of the molecule is CCCCCCCCCCCCCCNc1ccc(C(=O)OCC)c(C(=O)OCC)c1. The molecule has 1 aromatic carbocycles. The van der Waals surface area contributed by atoms with E-state index in [1.54, 1.807) is 26.0 Å². The van der Waals surface area contributed by atoms with Gasteiger partial charge in [-0.2, -0.15) is 0 Å². The highest BCUT2D eigenvalue weighted by Crippen LogP contribution is 2.19. The molecule has 0 saturated heterocycles. The highest BCUT2D eigenvalue weighted by molar-refractivity contribution is 6.03. The number of ether oxygens (including phenoxy) is 2. The first kappa shape index (κ1) is 27.0. The molecule has 1 N–H and O–H groups in total. The second kappa shape index (κ2) is 17.6. The maximum atomic E-state index is 12.3. The van der Waals surface area contributed by atoms with Crippen molar-refractivity contribution in [3.63, 3.8) is 0 Å². The lowest BCUT2D eigenvalue weighted by Gasteiger charge is -2.12. The van der Waals surface area contributed by atoms with Gasteiger partial charge in [-0.25, -0.2) is 9.59 Å². The van der Waals surface area contributed by atoms with Crippen molar-refractivity contribution in [2.24, 2.45) is 0 Å². The molecule has 0 unspecified atom stereocenters. The van der Waals surface area contributed by atoms with Gasteiger partial charge in [-0.05, 0) is 38.5 Å². The predicted molar refractivity (Wildman–Crippen MR) is 128 cm³/mol. The molecule has 0 aliphatic carbocycles. The molecular weight excluding hydrogens is 390 g/mol. The molecule has 0 aliphatic rings. The molecule has 1 rings (SSSR count). The topological polar surface area (TPSA) is 64.6 Å².